The van der Waals surface area contributed by atoms with Crippen molar-refractivity contribution in [2.24, 2.45) is 5.92 Å². The highest BCUT2D eigenvalue weighted by molar-refractivity contribution is 5.90. The first-order valence-corrected chi connectivity index (χ1v) is 7.20. The zero-order chi connectivity index (χ0) is 14.7. The Labute approximate surface area is 122 Å². The number of amides is 1. The van der Waals surface area contributed by atoms with E-state index in [1.807, 2.05) is 30.3 Å². The molecule has 2 aromatic rings. The van der Waals surface area contributed by atoms with Gasteiger partial charge in [0.15, 0.2) is 0 Å². The largest absolute Gasteiger partial charge is 0.341 e. The molecule has 6 heteroatoms. The average molecular weight is 286 g/mol. The van der Waals surface area contributed by atoms with Crippen LogP contribution in [0.1, 0.15) is 35.4 Å². The van der Waals surface area contributed by atoms with E-state index in [1.165, 1.54) is 6.42 Å². The van der Waals surface area contributed by atoms with Gasteiger partial charge in [0, 0.05) is 13.1 Å². The molecule has 0 saturated heterocycles. The van der Waals surface area contributed by atoms with Crippen LogP contribution in [0.25, 0.3) is 0 Å². The SMILES string of the molecule is O=C(c1n[nH]c(=O)[nH]1)N(Cc1ccccc1)CC1CCC1. The van der Waals surface area contributed by atoms with Crippen LogP contribution in [0.2, 0.25) is 0 Å². The Hall–Kier alpha value is -2.37. The Morgan fingerprint density at radius 3 is 2.62 bits per heavy atom. The van der Waals surface area contributed by atoms with Crippen molar-refractivity contribution in [3.05, 3.63) is 52.2 Å². The second-order valence-electron chi connectivity index (χ2n) is 5.49. The summed E-state index contributed by atoms with van der Waals surface area (Å²) in [5, 5.41) is 5.99. The summed E-state index contributed by atoms with van der Waals surface area (Å²) in [7, 11) is 0. The Morgan fingerprint density at radius 1 is 1.29 bits per heavy atom. The minimum absolute atomic E-state index is 0.0789. The highest BCUT2D eigenvalue weighted by Gasteiger charge is 2.26. The van der Waals surface area contributed by atoms with Crippen LogP contribution in [0.3, 0.4) is 0 Å². The summed E-state index contributed by atoms with van der Waals surface area (Å²) in [4.78, 5) is 27.8. The summed E-state index contributed by atoms with van der Waals surface area (Å²) < 4.78 is 0. The van der Waals surface area contributed by atoms with Crippen LogP contribution in [0, 0.1) is 5.92 Å². The van der Waals surface area contributed by atoms with Crippen LogP contribution in [-0.4, -0.2) is 32.5 Å². The van der Waals surface area contributed by atoms with Gasteiger partial charge in [0.25, 0.3) is 5.91 Å². The number of carbonyl (C=O) groups is 1. The summed E-state index contributed by atoms with van der Waals surface area (Å²) in [6, 6.07) is 9.85. The first kappa shape index (κ1) is 13.6. The molecule has 0 aliphatic heterocycles. The Bertz CT molecular complexity index is 658. The molecule has 110 valence electrons. The molecule has 1 amide bonds. The summed E-state index contributed by atoms with van der Waals surface area (Å²) >= 11 is 0. The molecule has 2 N–H and O–H groups in total. The van der Waals surface area contributed by atoms with Crippen molar-refractivity contribution in [1.82, 2.24) is 20.1 Å². The third-order valence-electron chi connectivity index (χ3n) is 3.91. The van der Waals surface area contributed by atoms with Crippen molar-refractivity contribution < 1.29 is 4.79 Å². The predicted molar refractivity (Wildman–Crippen MR) is 77.7 cm³/mol. The summed E-state index contributed by atoms with van der Waals surface area (Å²) in [6.45, 7) is 1.24. The van der Waals surface area contributed by atoms with Crippen LogP contribution in [0.4, 0.5) is 0 Å². The average Bonchev–Trinajstić information content (AvgIpc) is 2.88. The molecule has 1 aromatic heterocycles. The zero-order valence-electron chi connectivity index (χ0n) is 11.7. The van der Waals surface area contributed by atoms with E-state index in [-0.39, 0.29) is 11.7 Å². The van der Waals surface area contributed by atoms with Crippen molar-refractivity contribution in [2.45, 2.75) is 25.8 Å². The molecule has 0 bridgehead atoms. The van der Waals surface area contributed by atoms with E-state index < -0.39 is 5.69 Å². The smallest absolute Gasteiger partial charge is 0.331 e. The second kappa shape index (κ2) is 5.95. The van der Waals surface area contributed by atoms with Gasteiger partial charge in [-0.05, 0) is 24.3 Å². The highest BCUT2D eigenvalue weighted by atomic mass is 16.2. The molecule has 3 rings (SSSR count). The lowest BCUT2D eigenvalue weighted by Crippen LogP contribution is -2.37. The number of rotatable bonds is 5. The molecule has 21 heavy (non-hydrogen) atoms. The molecule has 1 aliphatic rings. The summed E-state index contributed by atoms with van der Waals surface area (Å²) in [6.07, 6.45) is 3.56. The highest BCUT2D eigenvalue weighted by Crippen LogP contribution is 2.28. The van der Waals surface area contributed by atoms with E-state index >= 15 is 0 Å². The van der Waals surface area contributed by atoms with Crippen LogP contribution >= 0.6 is 0 Å². The lowest BCUT2D eigenvalue weighted by atomic mass is 9.85. The normalized spacial score (nSPS) is 14.7. The monoisotopic (exact) mass is 286 g/mol. The lowest BCUT2D eigenvalue weighted by molar-refractivity contribution is 0.0667. The fourth-order valence-electron chi connectivity index (χ4n) is 2.53. The maximum absolute atomic E-state index is 12.5. The standard InChI is InChI=1S/C15H18N4O2/c20-14(13-16-15(21)18-17-13)19(10-12-7-4-8-12)9-11-5-2-1-3-6-11/h1-3,5-6,12H,4,7-10H2,(H2,16,17,18,21). The van der Waals surface area contributed by atoms with Crippen LogP contribution in [-0.2, 0) is 6.54 Å². The molecular weight excluding hydrogens is 268 g/mol. The van der Waals surface area contributed by atoms with Gasteiger partial charge in [-0.25, -0.2) is 9.89 Å². The van der Waals surface area contributed by atoms with Crippen LogP contribution in [0.5, 0.6) is 0 Å². The molecular formula is C15H18N4O2. The molecule has 6 nitrogen and oxygen atoms in total. The van der Waals surface area contributed by atoms with Crippen LogP contribution in [0.15, 0.2) is 35.1 Å². The number of aromatic amines is 2. The fourth-order valence-corrected chi connectivity index (χ4v) is 2.53. The second-order valence-corrected chi connectivity index (χ2v) is 5.49. The third kappa shape index (κ3) is 3.21. The van der Waals surface area contributed by atoms with E-state index in [0.717, 1.165) is 18.4 Å². The minimum atomic E-state index is -0.457. The van der Waals surface area contributed by atoms with Gasteiger partial charge in [-0.3, -0.25) is 9.78 Å². The first-order valence-electron chi connectivity index (χ1n) is 7.20. The maximum atomic E-state index is 12.5. The van der Waals surface area contributed by atoms with Crippen molar-refractivity contribution in [2.75, 3.05) is 6.54 Å². The third-order valence-corrected chi connectivity index (χ3v) is 3.91. The topological polar surface area (TPSA) is 81.8 Å². The number of hydrogen-bond acceptors (Lipinski definition) is 3. The number of nitrogens with zero attached hydrogens (tertiary/aromatic N) is 2. The van der Waals surface area contributed by atoms with Gasteiger partial charge in [0.05, 0.1) is 0 Å². The molecule has 1 aromatic carbocycles. The van der Waals surface area contributed by atoms with Gasteiger partial charge in [-0.15, -0.1) is 5.10 Å². The van der Waals surface area contributed by atoms with Crippen molar-refractivity contribution in [3.63, 3.8) is 0 Å². The van der Waals surface area contributed by atoms with E-state index in [1.54, 1.807) is 4.90 Å². The van der Waals surface area contributed by atoms with Gasteiger partial charge < -0.3 is 4.90 Å². The predicted octanol–water partition coefficient (Wildman–Crippen LogP) is 1.54. The molecule has 1 aliphatic carbocycles. The van der Waals surface area contributed by atoms with E-state index in [0.29, 0.717) is 19.0 Å². The first-order chi connectivity index (χ1) is 10.2. The number of benzene rings is 1. The molecule has 0 spiro atoms. The molecule has 0 unspecified atom stereocenters. The van der Waals surface area contributed by atoms with Gasteiger partial charge >= 0.3 is 5.69 Å². The van der Waals surface area contributed by atoms with E-state index in [9.17, 15) is 9.59 Å². The van der Waals surface area contributed by atoms with Gasteiger partial charge in [0.1, 0.15) is 0 Å². The van der Waals surface area contributed by atoms with E-state index in [4.69, 9.17) is 0 Å². The molecule has 1 heterocycles. The molecule has 1 saturated carbocycles. The lowest BCUT2D eigenvalue weighted by Gasteiger charge is -2.32. The number of hydrogen-bond donors (Lipinski definition) is 2. The van der Waals surface area contributed by atoms with Crippen molar-refractivity contribution in [3.8, 4) is 0 Å². The van der Waals surface area contributed by atoms with Gasteiger partial charge in [0.2, 0.25) is 5.82 Å². The minimum Gasteiger partial charge on any atom is -0.331 e. The van der Waals surface area contributed by atoms with Crippen molar-refractivity contribution >= 4 is 5.91 Å². The number of H-pyrrole nitrogens is 2. The summed E-state index contributed by atoms with van der Waals surface area (Å²) in [5.74, 6) is 0.405. The zero-order valence-corrected chi connectivity index (χ0v) is 11.7. The van der Waals surface area contributed by atoms with Gasteiger partial charge in [-0.2, -0.15) is 0 Å². The number of carbonyl (C=O) groups excluding carboxylic acids is 1. The molecule has 0 atom stereocenters. The Morgan fingerprint density at radius 2 is 2.05 bits per heavy atom. The number of aromatic nitrogens is 3. The fraction of sp³-hybridized carbons (Fsp3) is 0.400. The number of nitrogens with one attached hydrogen (secondary N) is 2. The van der Waals surface area contributed by atoms with Crippen molar-refractivity contribution in [1.29, 1.82) is 0 Å². The summed E-state index contributed by atoms with van der Waals surface area (Å²) in [5.41, 5.74) is 0.615. The Balaban J connectivity index is 1.77. The molecule has 0 radical (unpaired) electrons. The van der Waals surface area contributed by atoms with Gasteiger partial charge in [-0.1, -0.05) is 36.8 Å². The maximum Gasteiger partial charge on any atom is 0.341 e. The van der Waals surface area contributed by atoms with Crippen LogP contribution < -0.4 is 5.69 Å². The Kier molecular flexibility index (Phi) is 3.85. The molecule has 1 fully saturated rings. The van der Waals surface area contributed by atoms with E-state index in [2.05, 4.69) is 15.2 Å². The quantitative estimate of drug-likeness (QED) is 0.874.